The molecule has 0 radical (unpaired) electrons. The highest BCUT2D eigenvalue weighted by atomic mass is 16.5. The van der Waals surface area contributed by atoms with E-state index in [4.69, 9.17) is 14.8 Å². The maximum absolute atomic E-state index is 10.8. The van der Waals surface area contributed by atoms with Gasteiger partial charge in [0.1, 0.15) is 17.1 Å². The highest BCUT2D eigenvalue weighted by Crippen LogP contribution is 2.27. The van der Waals surface area contributed by atoms with Crippen LogP contribution in [0.25, 0.3) is 22.6 Å². The van der Waals surface area contributed by atoms with Gasteiger partial charge in [0, 0.05) is 24.7 Å². The van der Waals surface area contributed by atoms with Crippen molar-refractivity contribution in [3.05, 3.63) is 42.1 Å². The Balaban J connectivity index is 2.08. The molecule has 0 spiro atoms. The van der Waals surface area contributed by atoms with Gasteiger partial charge in [-0.2, -0.15) is 0 Å². The Morgan fingerprint density at radius 3 is 2.92 bits per heavy atom. The summed E-state index contributed by atoms with van der Waals surface area (Å²) in [5.74, 6) is 0.722. The molecule has 1 N–H and O–H groups in total. The van der Waals surface area contributed by atoms with E-state index < -0.39 is 5.97 Å². The highest BCUT2D eigenvalue weighted by molar-refractivity contribution is 5.78. The standard InChI is InChI=1S/C18H19N3O3/c1-12-9-15-18(19-11-12)21(8-4-7-16(22)23)17(20-15)13-5-3-6-14(10-13)24-2/h3,5-6,9-11H,4,7-8H2,1-2H3,(H,22,23). The summed E-state index contributed by atoms with van der Waals surface area (Å²) in [4.78, 5) is 20.0. The molecule has 0 atom stereocenters. The second kappa shape index (κ2) is 6.70. The predicted octanol–water partition coefficient (Wildman–Crippen LogP) is 3.28. The van der Waals surface area contributed by atoms with E-state index in [1.54, 1.807) is 13.3 Å². The number of nitrogens with zero attached hydrogens (tertiary/aromatic N) is 3. The lowest BCUT2D eigenvalue weighted by Gasteiger charge is -2.09. The van der Waals surface area contributed by atoms with Gasteiger partial charge in [-0.1, -0.05) is 12.1 Å². The number of imidazole rings is 1. The van der Waals surface area contributed by atoms with Crippen LogP contribution in [0.5, 0.6) is 5.75 Å². The minimum absolute atomic E-state index is 0.114. The van der Waals surface area contributed by atoms with Gasteiger partial charge in [0.05, 0.1) is 7.11 Å². The van der Waals surface area contributed by atoms with Gasteiger partial charge in [-0.3, -0.25) is 4.79 Å². The summed E-state index contributed by atoms with van der Waals surface area (Å²) in [6, 6.07) is 9.66. The summed E-state index contributed by atoms with van der Waals surface area (Å²) in [6.45, 7) is 2.52. The number of carboxylic acid groups (broad SMARTS) is 1. The van der Waals surface area contributed by atoms with E-state index in [9.17, 15) is 4.79 Å². The molecule has 0 aliphatic carbocycles. The topological polar surface area (TPSA) is 77.2 Å². The molecule has 0 bridgehead atoms. The van der Waals surface area contributed by atoms with E-state index in [-0.39, 0.29) is 6.42 Å². The third-order valence-corrected chi connectivity index (χ3v) is 3.82. The number of carboxylic acids is 1. The molecule has 0 saturated carbocycles. The number of methoxy groups -OCH3 is 1. The van der Waals surface area contributed by atoms with Crippen molar-refractivity contribution in [2.24, 2.45) is 0 Å². The van der Waals surface area contributed by atoms with Crippen LogP contribution in [0.4, 0.5) is 0 Å². The van der Waals surface area contributed by atoms with Gasteiger partial charge in [0.15, 0.2) is 5.65 Å². The van der Waals surface area contributed by atoms with Crippen LogP contribution in [-0.2, 0) is 11.3 Å². The monoisotopic (exact) mass is 325 g/mol. The number of aryl methyl sites for hydroxylation is 2. The number of carbonyl (C=O) groups is 1. The zero-order valence-corrected chi connectivity index (χ0v) is 13.7. The second-order valence-electron chi connectivity index (χ2n) is 5.67. The molecule has 3 aromatic rings. The van der Waals surface area contributed by atoms with E-state index in [1.807, 2.05) is 41.8 Å². The first-order chi connectivity index (χ1) is 11.6. The summed E-state index contributed by atoms with van der Waals surface area (Å²) in [5.41, 5.74) is 3.53. The maximum Gasteiger partial charge on any atom is 0.303 e. The zero-order valence-electron chi connectivity index (χ0n) is 13.7. The second-order valence-corrected chi connectivity index (χ2v) is 5.67. The molecule has 0 fully saturated rings. The minimum atomic E-state index is -0.800. The van der Waals surface area contributed by atoms with E-state index in [1.165, 1.54) is 0 Å². The average molecular weight is 325 g/mol. The van der Waals surface area contributed by atoms with Gasteiger partial charge in [0.2, 0.25) is 0 Å². The van der Waals surface area contributed by atoms with E-state index in [0.717, 1.165) is 33.9 Å². The lowest BCUT2D eigenvalue weighted by molar-refractivity contribution is -0.137. The molecule has 0 saturated heterocycles. The smallest absolute Gasteiger partial charge is 0.303 e. The fourth-order valence-corrected chi connectivity index (χ4v) is 2.69. The number of pyridine rings is 1. The fourth-order valence-electron chi connectivity index (χ4n) is 2.69. The minimum Gasteiger partial charge on any atom is -0.497 e. The summed E-state index contributed by atoms with van der Waals surface area (Å²) in [6.07, 6.45) is 2.43. The van der Waals surface area contributed by atoms with Crippen LogP contribution in [0, 0.1) is 6.92 Å². The van der Waals surface area contributed by atoms with E-state index in [2.05, 4.69) is 4.98 Å². The number of benzene rings is 1. The molecule has 0 amide bonds. The van der Waals surface area contributed by atoms with E-state index in [0.29, 0.717) is 13.0 Å². The molecule has 2 aromatic heterocycles. The predicted molar refractivity (Wildman–Crippen MR) is 91.1 cm³/mol. The first kappa shape index (κ1) is 16.0. The van der Waals surface area contributed by atoms with Crippen molar-refractivity contribution in [3.63, 3.8) is 0 Å². The third-order valence-electron chi connectivity index (χ3n) is 3.82. The average Bonchev–Trinajstić information content (AvgIpc) is 2.92. The van der Waals surface area contributed by atoms with Crippen molar-refractivity contribution in [1.82, 2.24) is 14.5 Å². The molecular formula is C18H19N3O3. The molecule has 1 aromatic carbocycles. The number of ether oxygens (including phenoxy) is 1. The first-order valence-electron chi connectivity index (χ1n) is 7.77. The molecule has 6 heteroatoms. The maximum atomic E-state index is 10.8. The summed E-state index contributed by atoms with van der Waals surface area (Å²) in [7, 11) is 1.62. The van der Waals surface area contributed by atoms with E-state index >= 15 is 0 Å². The van der Waals surface area contributed by atoms with Crippen molar-refractivity contribution in [2.75, 3.05) is 7.11 Å². The van der Waals surface area contributed by atoms with Crippen LogP contribution in [0.1, 0.15) is 18.4 Å². The Morgan fingerprint density at radius 2 is 2.17 bits per heavy atom. The van der Waals surface area contributed by atoms with Crippen molar-refractivity contribution in [1.29, 1.82) is 0 Å². The van der Waals surface area contributed by atoms with Gasteiger partial charge in [0.25, 0.3) is 0 Å². The summed E-state index contributed by atoms with van der Waals surface area (Å²) in [5, 5.41) is 8.89. The largest absolute Gasteiger partial charge is 0.497 e. The van der Waals surface area contributed by atoms with Crippen LogP contribution in [0.2, 0.25) is 0 Å². The number of hydrogen-bond acceptors (Lipinski definition) is 4. The first-order valence-corrected chi connectivity index (χ1v) is 7.77. The van der Waals surface area contributed by atoms with Crippen molar-refractivity contribution in [3.8, 4) is 17.1 Å². The van der Waals surface area contributed by atoms with Gasteiger partial charge in [-0.05, 0) is 37.1 Å². The Kier molecular flexibility index (Phi) is 4.46. The Morgan fingerprint density at radius 1 is 1.33 bits per heavy atom. The van der Waals surface area contributed by atoms with Crippen LogP contribution < -0.4 is 4.74 Å². The number of fused-ring (bicyclic) bond motifs is 1. The highest BCUT2D eigenvalue weighted by Gasteiger charge is 2.14. The molecule has 0 unspecified atom stereocenters. The number of aromatic nitrogens is 3. The van der Waals surface area contributed by atoms with Crippen molar-refractivity contribution < 1.29 is 14.6 Å². The normalized spacial score (nSPS) is 10.9. The Hall–Kier alpha value is -2.89. The van der Waals surface area contributed by atoms with Crippen LogP contribution in [0.3, 0.4) is 0 Å². The molecule has 2 heterocycles. The Labute approximate surface area is 139 Å². The lowest BCUT2D eigenvalue weighted by Crippen LogP contribution is -2.04. The molecule has 124 valence electrons. The molecule has 3 rings (SSSR count). The molecule has 0 aliphatic rings. The number of hydrogen-bond donors (Lipinski definition) is 1. The molecule has 0 aliphatic heterocycles. The van der Waals surface area contributed by atoms with Gasteiger partial charge < -0.3 is 14.4 Å². The van der Waals surface area contributed by atoms with Gasteiger partial charge in [-0.25, -0.2) is 9.97 Å². The number of rotatable bonds is 6. The van der Waals surface area contributed by atoms with Crippen LogP contribution in [0.15, 0.2) is 36.5 Å². The van der Waals surface area contributed by atoms with Gasteiger partial charge in [-0.15, -0.1) is 0 Å². The van der Waals surface area contributed by atoms with Gasteiger partial charge >= 0.3 is 5.97 Å². The molecule has 6 nitrogen and oxygen atoms in total. The van der Waals surface area contributed by atoms with Crippen LogP contribution in [-0.4, -0.2) is 32.7 Å². The molecule has 24 heavy (non-hydrogen) atoms. The summed E-state index contributed by atoms with van der Waals surface area (Å²) >= 11 is 0. The van der Waals surface area contributed by atoms with Crippen LogP contribution >= 0.6 is 0 Å². The number of aliphatic carboxylic acids is 1. The van der Waals surface area contributed by atoms with Crippen molar-refractivity contribution >= 4 is 17.1 Å². The molecular weight excluding hydrogens is 306 g/mol. The quantitative estimate of drug-likeness (QED) is 0.752. The van der Waals surface area contributed by atoms with Crippen molar-refractivity contribution in [2.45, 2.75) is 26.3 Å². The SMILES string of the molecule is COc1cccc(-c2nc3cc(C)cnc3n2CCCC(=O)O)c1. The third kappa shape index (κ3) is 3.22. The summed E-state index contributed by atoms with van der Waals surface area (Å²) < 4.78 is 7.27. The fraction of sp³-hybridized carbons (Fsp3) is 0.278. The zero-order chi connectivity index (χ0) is 17.1. The lowest BCUT2D eigenvalue weighted by atomic mass is 10.2. The Bertz CT molecular complexity index is 886.